The molecule has 3 amide bonds. The minimum atomic E-state index is -1.06. The maximum atomic E-state index is 13.2. The molecule has 0 spiro atoms. The smallest absolute Gasteiger partial charge is 0.273 e. The number of hydrogen-bond donors (Lipinski definition) is 2. The zero-order chi connectivity index (χ0) is 22.0. The van der Waals surface area contributed by atoms with Crippen LogP contribution >= 0.6 is 0 Å². The Morgan fingerprint density at radius 2 is 2.03 bits per heavy atom. The van der Waals surface area contributed by atoms with Crippen LogP contribution in [0.3, 0.4) is 0 Å². The van der Waals surface area contributed by atoms with Gasteiger partial charge in [0.1, 0.15) is 11.2 Å². The van der Waals surface area contributed by atoms with E-state index in [0.29, 0.717) is 12.2 Å². The first-order valence-electron chi connectivity index (χ1n) is 10.8. The molecule has 0 saturated heterocycles. The van der Waals surface area contributed by atoms with Gasteiger partial charge in [0.05, 0.1) is 18.8 Å². The van der Waals surface area contributed by atoms with E-state index in [1.807, 2.05) is 19.1 Å². The highest BCUT2D eigenvalue weighted by molar-refractivity contribution is 6.01. The Labute approximate surface area is 181 Å². The summed E-state index contributed by atoms with van der Waals surface area (Å²) in [6.07, 6.45) is 5.81. The van der Waals surface area contributed by atoms with E-state index in [4.69, 9.17) is 0 Å². The Morgan fingerprint density at radius 1 is 1.26 bits per heavy atom. The maximum absolute atomic E-state index is 13.2. The van der Waals surface area contributed by atoms with Gasteiger partial charge in [-0.05, 0) is 38.8 Å². The zero-order valence-corrected chi connectivity index (χ0v) is 17.9. The number of carbonyl (C=O) groups is 3. The van der Waals surface area contributed by atoms with Crippen LogP contribution in [0, 0.1) is 0 Å². The number of hydrogen-bond acceptors (Lipinski definition) is 5. The number of amides is 3. The maximum Gasteiger partial charge on any atom is 0.273 e. The van der Waals surface area contributed by atoms with Crippen molar-refractivity contribution in [2.45, 2.75) is 64.2 Å². The highest BCUT2D eigenvalue weighted by Crippen LogP contribution is 2.28. The summed E-state index contributed by atoms with van der Waals surface area (Å²) in [7, 11) is 0. The number of nitrogens with one attached hydrogen (secondary N) is 2. The number of nitrogens with zero attached hydrogens (tertiary/aromatic N) is 4. The molecular weight excluding hydrogens is 396 g/mol. The molecule has 0 aromatic carbocycles. The van der Waals surface area contributed by atoms with Crippen LogP contribution in [-0.4, -0.2) is 55.5 Å². The van der Waals surface area contributed by atoms with Crippen molar-refractivity contribution in [1.29, 1.82) is 0 Å². The summed E-state index contributed by atoms with van der Waals surface area (Å²) in [5, 5.41) is 10.2. The molecule has 1 aliphatic carbocycles. The van der Waals surface area contributed by atoms with E-state index in [1.165, 1.54) is 10.7 Å². The zero-order valence-electron chi connectivity index (χ0n) is 17.9. The van der Waals surface area contributed by atoms with E-state index in [2.05, 4.69) is 20.7 Å². The van der Waals surface area contributed by atoms with Crippen molar-refractivity contribution in [3.05, 3.63) is 47.5 Å². The van der Waals surface area contributed by atoms with Gasteiger partial charge in [-0.1, -0.05) is 18.9 Å². The average molecular weight is 425 g/mol. The molecule has 2 aliphatic rings. The standard InChI is InChI=1S/C22H28N6O3/c1-3-27-20(30)18-12-17(19(29)24-13-16-10-6-7-11-23-16)26-28(18)14-22(27,2)21(31)25-15-8-4-5-9-15/h6-7,10-12,15H,3-5,8-9,13-14H2,1-2H3,(H,24,29)(H,25,31)/t22-/m0/s1. The van der Waals surface area contributed by atoms with E-state index in [1.54, 1.807) is 24.1 Å². The van der Waals surface area contributed by atoms with Gasteiger partial charge in [0.2, 0.25) is 5.91 Å². The molecule has 2 aromatic heterocycles. The fourth-order valence-electron chi connectivity index (χ4n) is 4.42. The van der Waals surface area contributed by atoms with Crippen LogP contribution in [0.4, 0.5) is 0 Å². The van der Waals surface area contributed by atoms with Crippen molar-refractivity contribution in [2.24, 2.45) is 0 Å². The van der Waals surface area contributed by atoms with Gasteiger partial charge >= 0.3 is 0 Å². The van der Waals surface area contributed by atoms with Gasteiger partial charge in [-0.15, -0.1) is 0 Å². The highest BCUT2D eigenvalue weighted by Gasteiger charge is 2.48. The predicted octanol–water partition coefficient (Wildman–Crippen LogP) is 1.50. The second-order valence-electron chi connectivity index (χ2n) is 8.35. The molecule has 4 rings (SSSR count). The van der Waals surface area contributed by atoms with E-state index in [0.717, 1.165) is 31.4 Å². The summed E-state index contributed by atoms with van der Waals surface area (Å²) in [5.74, 6) is -0.855. The minimum absolute atomic E-state index is 0.149. The van der Waals surface area contributed by atoms with Crippen molar-refractivity contribution in [3.63, 3.8) is 0 Å². The van der Waals surface area contributed by atoms with Crippen LogP contribution in [0.25, 0.3) is 0 Å². The molecule has 1 saturated carbocycles. The van der Waals surface area contributed by atoms with Crippen molar-refractivity contribution < 1.29 is 14.4 Å². The molecule has 1 fully saturated rings. The molecule has 31 heavy (non-hydrogen) atoms. The lowest BCUT2D eigenvalue weighted by molar-refractivity contribution is -0.133. The Bertz CT molecular complexity index is 982. The molecule has 9 heteroatoms. The third-order valence-corrected chi connectivity index (χ3v) is 6.18. The molecule has 0 bridgehead atoms. The molecule has 9 nitrogen and oxygen atoms in total. The summed E-state index contributed by atoms with van der Waals surface area (Å²) in [5.41, 5.74) is 0.130. The van der Waals surface area contributed by atoms with E-state index >= 15 is 0 Å². The topological polar surface area (TPSA) is 109 Å². The Hall–Kier alpha value is -3.23. The molecule has 2 N–H and O–H groups in total. The lowest BCUT2D eigenvalue weighted by atomic mass is 9.94. The van der Waals surface area contributed by atoms with Gasteiger partial charge in [0.15, 0.2) is 5.69 Å². The van der Waals surface area contributed by atoms with Gasteiger partial charge in [-0.25, -0.2) is 0 Å². The molecular formula is C22H28N6O3. The van der Waals surface area contributed by atoms with Crippen molar-refractivity contribution in [2.75, 3.05) is 6.54 Å². The van der Waals surface area contributed by atoms with Crippen molar-refractivity contribution >= 4 is 17.7 Å². The van der Waals surface area contributed by atoms with Crippen molar-refractivity contribution in [1.82, 2.24) is 30.3 Å². The third kappa shape index (κ3) is 4.04. The van der Waals surface area contributed by atoms with Crippen LogP contribution in [0.2, 0.25) is 0 Å². The number of aromatic nitrogens is 3. The van der Waals surface area contributed by atoms with Gasteiger partial charge in [0.25, 0.3) is 11.8 Å². The Balaban J connectivity index is 1.52. The average Bonchev–Trinajstić information content (AvgIpc) is 3.43. The first-order chi connectivity index (χ1) is 14.9. The fraction of sp³-hybridized carbons (Fsp3) is 0.500. The first kappa shape index (κ1) is 21.0. The molecule has 1 aliphatic heterocycles. The van der Waals surface area contributed by atoms with Gasteiger partial charge in [0, 0.05) is 24.8 Å². The van der Waals surface area contributed by atoms with Gasteiger partial charge in [-0.2, -0.15) is 5.10 Å². The molecule has 2 aromatic rings. The summed E-state index contributed by atoms with van der Waals surface area (Å²) >= 11 is 0. The number of carbonyl (C=O) groups excluding carboxylic acids is 3. The SMILES string of the molecule is CCN1C(=O)c2cc(C(=O)NCc3ccccn3)nn2C[C@@]1(C)C(=O)NC1CCCC1. The summed E-state index contributed by atoms with van der Waals surface area (Å²) < 4.78 is 1.48. The minimum Gasteiger partial charge on any atom is -0.351 e. The lowest BCUT2D eigenvalue weighted by Crippen LogP contribution is -2.64. The molecule has 0 radical (unpaired) electrons. The number of likely N-dealkylation sites (N-methyl/N-ethyl adjacent to an activating group) is 1. The highest BCUT2D eigenvalue weighted by atomic mass is 16.2. The van der Waals surface area contributed by atoms with Crippen LogP contribution in [0.15, 0.2) is 30.5 Å². The monoisotopic (exact) mass is 424 g/mol. The predicted molar refractivity (Wildman–Crippen MR) is 113 cm³/mol. The van der Waals surface area contributed by atoms with Crippen LogP contribution in [0.5, 0.6) is 0 Å². The van der Waals surface area contributed by atoms with E-state index in [-0.39, 0.29) is 42.5 Å². The first-order valence-corrected chi connectivity index (χ1v) is 10.8. The lowest BCUT2D eigenvalue weighted by Gasteiger charge is -2.43. The third-order valence-electron chi connectivity index (χ3n) is 6.18. The van der Waals surface area contributed by atoms with Crippen molar-refractivity contribution in [3.8, 4) is 0 Å². The van der Waals surface area contributed by atoms with E-state index < -0.39 is 5.54 Å². The van der Waals surface area contributed by atoms with Crippen LogP contribution in [-0.2, 0) is 17.9 Å². The van der Waals surface area contributed by atoms with Crippen LogP contribution in [0.1, 0.15) is 66.2 Å². The second kappa shape index (κ2) is 8.49. The Kier molecular flexibility index (Phi) is 5.75. The molecule has 1 atom stereocenters. The summed E-state index contributed by atoms with van der Waals surface area (Å²) in [4.78, 5) is 44.7. The normalized spacial score (nSPS) is 21.1. The van der Waals surface area contributed by atoms with Gasteiger partial charge < -0.3 is 15.5 Å². The number of rotatable bonds is 6. The summed E-state index contributed by atoms with van der Waals surface area (Å²) in [6, 6.07) is 7.12. The molecule has 3 heterocycles. The van der Waals surface area contributed by atoms with Gasteiger partial charge in [-0.3, -0.25) is 24.0 Å². The summed E-state index contributed by atoms with van der Waals surface area (Å²) in [6.45, 7) is 4.47. The Morgan fingerprint density at radius 3 is 2.71 bits per heavy atom. The van der Waals surface area contributed by atoms with E-state index in [9.17, 15) is 14.4 Å². The molecule has 164 valence electrons. The van der Waals surface area contributed by atoms with Crippen LogP contribution < -0.4 is 10.6 Å². The fourth-order valence-corrected chi connectivity index (χ4v) is 4.42. The quantitative estimate of drug-likeness (QED) is 0.730. The number of pyridine rings is 1. The number of fused-ring (bicyclic) bond motifs is 1. The second-order valence-corrected chi connectivity index (χ2v) is 8.35. The molecule has 0 unspecified atom stereocenters. The largest absolute Gasteiger partial charge is 0.351 e.